The Labute approximate surface area is 89.4 Å². The van der Waals surface area contributed by atoms with E-state index in [2.05, 4.69) is 10.2 Å². The summed E-state index contributed by atoms with van der Waals surface area (Å²) in [5, 5.41) is 5.96. The zero-order chi connectivity index (χ0) is 11.8. The second-order valence-corrected chi connectivity index (χ2v) is 3.77. The maximum atomic E-state index is 12.3. The second kappa shape index (κ2) is 3.80. The SMILES string of the molecule is O=C(c1cn[nH]c1)N(CC(F)(F)F)C1CC1. The Kier molecular flexibility index (Phi) is 2.61. The van der Waals surface area contributed by atoms with Crippen LogP contribution in [-0.2, 0) is 0 Å². The van der Waals surface area contributed by atoms with Crippen LogP contribution in [-0.4, -0.2) is 39.8 Å². The molecule has 0 atom stereocenters. The molecule has 0 aromatic carbocycles. The van der Waals surface area contributed by atoms with Crippen molar-refractivity contribution in [3.63, 3.8) is 0 Å². The first-order valence-corrected chi connectivity index (χ1v) is 4.84. The molecule has 88 valence electrons. The molecule has 1 amide bonds. The first-order chi connectivity index (χ1) is 7.47. The average Bonchev–Trinajstić information content (AvgIpc) is 2.87. The molecule has 1 N–H and O–H groups in total. The molecule has 1 heterocycles. The van der Waals surface area contributed by atoms with Crippen molar-refractivity contribution in [3.05, 3.63) is 18.0 Å². The van der Waals surface area contributed by atoms with E-state index in [0.717, 1.165) is 4.90 Å². The molecule has 7 heteroatoms. The summed E-state index contributed by atoms with van der Waals surface area (Å²) in [5.41, 5.74) is 0.163. The van der Waals surface area contributed by atoms with Gasteiger partial charge < -0.3 is 4.90 Å². The number of alkyl halides is 3. The van der Waals surface area contributed by atoms with E-state index in [1.54, 1.807) is 0 Å². The van der Waals surface area contributed by atoms with Crippen LogP contribution in [0.4, 0.5) is 13.2 Å². The predicted octanol–water partition coefficient (Wildman–Crippen LogP) is 1.58. The second-order valence-electron chi connectivity index (χ2n) is 3.77. The lowest BCUT2D eigenvalue weighted by Gasteiger charge is -2.22. The lowest BCUT2D eigenvalue weighted by molar-refractivity contribution is -0.141. The normalized spacial score (nSPS) is 16.2. The lowest BCUT2D eigenvalue weighted by atomic mass is 10.3. The molecule has 1 fully saturated rings. The number of aromatic nitrogens is 2. The van der Waals surface area contributed by atoms with E-state index in [1.165, 1.54) is 12.4 Å². The smallest absolute Gasteiger partial charge is 0.326 e. The summed E-state index contributed by atoms with van der Waals surface area (Å²) in [4.78, 5) is 12.6. The van der Waals surface area contributed by atoms with Crippen molar-refractivity contribution in [3.8, 4) is 0 Å². The molecule has 2 rings (SSSR count). The summed E-state index contributed by atoms with van der Waals surface area (Å²) < 4.78 is 36.8. The van der Waals surface area contributed by atoms with Crippen molar-refractivity contribution in [2.75, 3.05) is 6.54 Å². The first-order valence-electron chi connectivity index (χ1n) is 4.84. The van der Waals surface area contributed by atoms with Gasteiger partial charge in [-0.3, -0.25) is 9.89 Å². The van der Waals surface area contributed by atoms with Gasteiger partial charge in [-0.2, -0.15) is 18.3 Å². The van der Waals surface area contributed by atoms with E-state index in [0.29, 0.717) is 12.8 Å². The summed E-state index contributed by atoms with van der Waals surface area (Å²) in [6.07, 6.45) is -0.552. The Bertz CT molecular complexity index is 370. The van der Waals surface area contributed by atoms with Gasteiger partial charge in [-0.1, -0.05) is 0 Å². The standard InChI is InChI=1S/C9H10F3N3O/c10-9(11,12)5-15(7-1-2-7)8(16)6-3-13-14-4-6/h3-4,7H,1-2,5H2,(H,13,14). The molecule has 0 aliphatic heterocycles. The summed E-state index contributed by atoms with van der Waals surface area (Å²) in [6.45, 7) is -1.19. The Balaban J connectivity index is 2.11. The molecule has 1 aliphatic carbocycles. The molecule has 0 unspecified atom stereocenters. The van der Waals surface area contributed by atoms with Crippen molar-refractivity contribution in [2.45, 2.75) is 25.1 Å². The molecule has 1 saturated carbocycles. The minimum absolute atomic E-state index is 0.163. The highest BCUT2D eigenvalue weighted by atomic mass is 19.4. The van der Waals surface area contributed by atoms with Crippen LogP contribution in [0.25, 0.3) is 0 Å². The van der Waals surface area contributed by atoms with Crippen molar-refractivity contribution in [2.24, 2.45) is 0 Å². The maximum absolute atomic E-state index is 12.3. The van der Waals surface area contributed by atoms with Crippen LogP contribution in [0.3, 0.4) is 0 Å². The molecule has 1 aliphatic rings. The molecule has 0 radical (unpaired) electrons. The Morgan fingerprint density at radius 3 is 2.69 bits per heavy atom. The fourth-order valence-electron chi connectivity index (χ4n) is 1.48. The minimum atomic E-state index is -4.36. The highest BCUT2D eigenvalue weighted by Gasteiger charge is 2.40. The Morgan fingerprint density at radius 1 is 1.56 bits per heavy atom. The van der Waals surface area contributed by atoms with E-state index < -0.39 is 18.6 Å². The number of carbonyl (C=O) groups is 1. The van der Waals surface area contributed by atoms with Gasteiger partial charge in [0, 0.05) is 12.2 Å². The Morgan fingerprint density at radius 2 is 2.25 bits per heavy atom. The van der Waals surface area contributed by atoms with Crippen LogP contribution in [0.5, 0.6) is 0 Å². The van der Waals surface area contributed by atoms with Gasteiger partial charge in [0.15, 0.2) is 0 Å². The van der Waals surface area contributed by atoms with E-state index >= 15 is 0 Å². The molecule has 0 bridgehead atoms. The van der Waals surface area contributed by atoms with Crippen molar-refractivity contribution >= 4 is 5.91 Å². The summed E-state index contributed by atoms with van der Waals surface area (Å²) in [7, 11) is 0. The van der Waals surface area contributed by atoms with Gasteiger partial charge in [0.25, 0.3) is 5.91 Å². The third-order valence-corrected chi connectivity index (χ3v) is 2.34. The van der Waals surface area contributed by atoms with E-state index in [-0.39, 0.29) is 11.6 Å². The molecular formula is C9H10F3N3O. The van der Waals surface area contributed by atoms with Crippen molar-refractivity contribution < 1.29 is 18.0 Å². The topological polar surface area (TPSA) is 49.0 Å². The summed E-state index contributed by atoms with van der Waals surface area (Å²) >= 11 is 0. The number of hydrogen-bond donors (Lipinski definition) is 1. The van der Waals surface area contributed by atoms with Gasteiger partial charge in [0.2, 0.25) is 0 Å². The van der Waals surface area contributed by atoms with E-state index in [9.17, 15) is 18.0 Å². The van der Waals surface area contributed by atoms with Gasteiger partial charge in [0.05, 0.1) is 11.8 Å². The fourth-order valence-corrected chi connectivity index (χ4v) is 1.48. The monoisotopic (exact) mass is 233 g/mol. The van der Waals surface area contributed by atoms with Gasteiger partial charge in [-0.15, -0.1) is 0 Å². The zero-order valence-electron chi connectivity index (χ0n) is 8.29. The number of nitrogens with one attached hydrogen (secondary N) is 1. The highest BCUT2D eigenvalue weighted by Crippen LogP contribution is 2.31. The third kappa shape index (κ3) is 2.53. The molecule has 1 aromatic rings. The molecule has 0 spiro atoms. The minimum Gasteiger partial charge on any atom is -0.326 e. The van der Waals surface area contributed by atoms with Gasteiger partial charge in [-0.25, -0.2) is 0 Å². The van der Waals surface area contributed by atoms with Crippen LogP contribution in [0.1, 0.15) is 23.2 Å². The lowest BCUT2D eigenvalue weighted by Crippen LogP contribution is -2.40. The number of nitrogens with zero attached hydrogens (tertiary/aromatic N) is 2. The number of carbonyl (C=O) groups excluding carboxylic acids is 1. The molecule has 16 heavy (non-hydrogen) atoms. The zero-order valence-corrected chi connectivity index (χ0v) is 8.29. The van der Waals surface area contributed by atoms with Crippen molar-refractivity contribution in [1.82, 2.24) is 15.1 Å². The van der Waals surface area contributed by atoms with Crippen LogP contribution in [0, 0.1) is 0 Å². The molecule has 4 nitrogen and oxygen atoms in total. The quantitative estimate of drug-likeness (QED) is 0.861. The van der Waals surface area contributed by atoms with Gasteiger partial charge in [0.1, 0.15) is 6.54 Å². The number of hydrogen-bond acceptors (Lipinski definition) is 2. The largest absolute Gasteiger partial charge is 0.406 e. The van der Waals surface area contributed by atoms with Crippen molar-refractivity contribution in [1.29, 1.82) is 0 Å². The van der Waals surface area contributed by atoms with Crippen LogP contribution < -0.4 is 0 Å². The highest BCUT2D eigenvalue weighted by molar-refractivity contribution is 5.94. The summed E-state index contributed by atoms with van der Waals surface area (Å²) in [5.74, 6) is -0.617. The number of amides is 1. The van der Waals surface area contributed by atoms with Gasteiger partial charge >= 0.3 is 6.18 Å². The van der Waals surface area contributed by atoms with Crippen LogP contribution in [0.15, 0.2) is 12.4 Å². The molecular weight excluding hydrogens is 223 g/mol. The van der Waals surface area contributed by atoms with Crippen LogP contribution in [0.2, 0.25) is 0 Å². The predicted molar refractivity (Wildman–Crippen MR) is 48.7 cm³/mol. The number of aromatic amines is 1. The number of H-pyrrole nitrogens is 1. The number of halogens is 3. The molecule has 0 saturated heterocycles. The fraction of sp³-hybridized carbons (Fsp3) is 0.556. The average molecular weight is 233 g/mol. The van der Waals surface area contributed by atoms with E-state index in [1.807, 2.05) is 0 Å². The van der Waals surface area contributed by atoms with Crippen LogP contribution >= 0.6 is 0 Å². The first kappa shape index (κ1) is 11.0. The Hall–Kier alpha value is -1.53. The summed E-state index contributed by atoms with van der Waals surface area (Å²) in [6, 6.07) is -0.274. The number of rotatable bonds is 3. The van der Waals surface area contributed by atoms with E-state index in [4.69, 9.17) is 0 Å². The third-order valence-electron chi connectivity index (χ3n) is 2.34. The maximum Gasteiger partial charge on any atom is 0.406 e. The molecule has 1 aromatic heterocycles. The van der Waals surface area contributed by atoms with Gasteiger partial charge in [-0.05, 0) is 12.8 Å².